The standard InChI is InChI=1S/C14H19N3/c1-3-16-6-8-17(9-7-16)14-5-4-13(11-15)10-12(14)2/h4-5,10H,3,6-9H2,1-2H3. The molecule has 0 aliphatic carbocycles. The van der Waals surface area contributed by atoms with Gasteiger partial charge in [-0.1, -0.05) is 6.92 Å². The van der Waals surface area contributed by atoms with Gasteiger partial charge in [-0.2, -0.15) is 5.26 Å². The number of aryl methyl sites for hydroxylation is 1. The second-order valence-corrected chi connectivity index (χ2v) is 4.53. The summed E-state index contributed by atoms with van der Waals surface area (Å²) in [6, 6.07) is 8.15. The van der Waals surface area contributed by atoms with Crippen LogP contribution in [-0.4, -0.2) is 37.6 Å². The highest BCUT2D eigenvalue weighted by Crippen LogP contribution is 2.22. The fourth-order valence-electron chi connectivity index (χ4n) is 2.38. The van der Waals surface area contributed by atoms with Crippen molar-refractivity contribution in [3.63, 3.8) is 0 Å². The van der Waals surface area contributed by atoms with Crippen molar-refractivity contribution in [2.75, 3.05) is 37.6 Å². The summed E-state index contributed by atoms with van der Waals surface area (Å²) in [5.41, 5.74) is 3.23. The average Bonchev–Trinajstić information content (AvgIpc) is 2.39. The van der Waals surface area contributed by atoms with E-state index in [0.717, 1.165) is 38.3 Å². The van der Waals surface area contributed by atoms with Gasteiger partial charge in [-0.15, -0.1) is 0 Å². The van der Waals surface area contributed by atoms with Gasteiger partial charge >= 0.3 is 0 Å². The van der Waals surface area contributed by atoms with Gasteiger partial charge in [-0.05, 0) is 37.2 Å². The Morgan fingerprint density at radius 1 is 1.24 bits per heavy atom. The Bertz CT molecular complexity index is 426. The van der Waals surface area contributed by atoms with Crippen LogP contribution in [0.5, 0.6) is 0 Å². The van der Waals surface area contributed by atoms with Crippen LogP contribution < -0.4 is 4.90 Å². The molecule has 0 unspecified atom stereocenters. The van der Waals surface area contributed by atoms with Crippen LogP contribution in [-0.2, 0) is 0 Å². The Morgan fingerprint density at radius 3 is 2.47 bits per heavy atom. The molecule has 3 nitrogen and oxygen atoms in total. The maximum atomic E-state index is 8.86. The van der Waals surface area contributed by atoms with Gasteiger partial charge in [0.2, 0.25) is 0 Å². The molecule has 3 heteroatoms. The topological polar surface area (TPSA) is 30.3 Å². The number of anilines is 1. The van der Waals surface area contributed by atoms with E-state index in [9.17, 15) is 0 Å². The average molecular weight is 229 g/mol. The minimum absolute atomic E-state index is 0.749. The summed E-state index contributed by atoms with van der Waals surface area (Å²) < 4.78 is 0. The Kier molecular flexibility index (Phi) is 3.65. The summed E-state index contributed by atoms with van der Waals surface area (Å²) in [6.07, 6.45) is 0. The molecule has 0 N–H and O–H groups in total. The molecule has 1 aliphatic rings. The fourth-order valence-corrected chi connectivity index (χ4v) is 2.38. The quantitative estimate of drug-likeness (QED) is 0.777. The second kappa shape index (κ2) is 5.20. The molecule has 1 aliphatic heterocycles. The molecule has 0 saturated carbocycles. The summed E-state index contributed by atoms with van der Waals surface area (Å²) in [6.45, 7) is 9.87. The van der Waals surface area contributed by atoms with Gasteiger partial charge in [0.1, 0.15) is 0 Å². The van der Waals surface area contributed by atoms with Gasteiger partial charge in [0, 0.05) is 31.9 Å². The lowest BCUT2D eigenvalue weighted by Crippen LogP contribution is -2.46. The molecular weight excluding hydrogens is 210 g/mol. The zero-order valence-corrected chi connectivity index (χ0v) is 10.6. The maximum Gasteiger partial charge on any atom is 0.0991 e. The Morgan fingerprint density at radius 2 is 1.94 bits per heavy atom. The highest BCUT2D eigenvalue weighted by Gasteiger charge is 2.17. The van der Waals surface area contributed by atoms with Gasteiger partial charge in [-0.3, -0.25) is 0 Å². The van der Waals surface area contributed by atoms with E-state index in [1.54, 1.807) is 0 Å². The molecule has 1 aromatic rings. The first-order valence-corrected chi connectivity index (χ1v) is 6.22. The number of piperazine rings is 1. The van der Waals surface area contributed by atoms with Crippen molar-refractivity contribution in [1.82, 2.24) is 4.90 Å². The molecule has 0 atom stereocenters. The van der Waals surface area contributed by atoms with E-state index in [2.05, 4.69) is 35.8 Å². The van der Waals surface area contributed by atoms with Crippen molar-refractivity contribution in [1.29, 1.82) is 5.26 Å². The third-order valence-electron chi connectivity index (χ3n) is 3.49. The van der Waals surface area contributed by atoms with Gasteiger partial charge in [0.15, 0.2) is 0 Å². The van der Waals surface area contributed by atoms with Crippen LogP contribution in [0, 0.1) is 18.3 Å². The lowest BCUT2D eigenvalue weighted by molar-refractivity contribution is 0.271. The van der Waals surface area contributed by atoms with E-state index in [-0.39, 0.29) is 0 Å². The van der Waals surface area contributed by atoms with E-state index in [4.69, 9.17) is 5.26 Å². The molecule has 1 aromatic carbocycles. The Hall–Kier alpha value is -1.53. The van der Waals surface area contributed by atoms with Gasteiger partial charge in [-0.25, -0.2) is 0 Å². The number of hydrogen-bond donors (Lipinski definition) is 0. The van der Waals surface area contributed by atoms with E-state index in [0.29, 0.717) is 0 Å². The third kappa shape index (κ3) is 2.59. The van der Waals surface area contributed by atoms with Crippen LogP contribution in [0.4, 0.5) is 5.69 Å². The zero-order chi connectivity index (χ0) is 12.3. The van der Waals surface area contributed by atoms with E-state index < -0.39 is 0 Å². The summed E-state index contributed by atoms with van der Waals surface area (Å²) in [5, 5.41) is 8.86. The van der Waals surface area contributed by atoms with E-state index in [1.807, 2.05) is 12.1 Å². The summed E-state index contributed by atoms with van der Waals surface area (Å²) in [5.74, 6) is 0. The largest absolute Gasteiger partial charge is 0.369 e. The van der Waals surface area contributed by atoms with Gasteiger partial charge in [0.05, 0.1) is 11.6 Å². The predicted molar refractivity (Wildman–Crippen MR) is 70.2 cm³/mol. The van der Waals surface area contributed by atoms with Crippen LogP contribution >= 0.6 is 0 Å². The third-order valence-corrected chi connectivity index (χ3v) is 3.49. The molecule has 0 amide bonds. The van der Waals surface area contributed by atoms with Crippen molar-refractivity contribution in [3.05, 3.63) is 29.3 Å². The van der Waals surface area contributed by atoms with Crippen LogP contribution in [0.15, 0.2) is 18.2 Å². The molecule has 0 radical (unpaired) electrons. The molecule has 0 aromatic heterocycles. The molecular formula is C14H19N3. The van der Waals surface area contributed by atoms with Crippen LogP contribution in [0.1, 0.15) is 18.1 Å². The molecule has 0 spiro atoms. The number of benzene rings is 1. The molecule has 1 fully saturated rings. The Balaban J connectivity index is 2.11. The van der Waals surface area contributed by atoms with Crippen LogP contribution in [0.25, 0.3) is 0 Å². The molecule has 2 rings (SSSR count). The minimum Gasteiger partial charge on any atom is -0.369 e. The summed E-state index contributed by atoms with van der Waals surface area (Å²) in [4.78, 5) is 4.89. The summed E-state index contributed by atoms with van der Waals surface area (Å²) in [7, 11) is 0. The predicted octanol–water partition coefficient (Wildman–Crippen LogP) is 2.01. The van der Waals surface area contributed by atoms with Crippen molar-refractivity contribution >= 4 is 5.69 Å². The number of likely N-dealkylation sites (N-methyl/N-ethyl adjacent to an activating group) is 1. The summed E-state index contributed by atoms with van der Waals surface area (Å²) >= 11 is 0. The Labute approximate surface area is 103 Å². The van der Waals surface area contributed by atoms with Crippen molar-refractivity contribution < 1.29 is 0 Å². The fraction of sp³-hybridized carbons (Fsp3) is 0.500. The zero-order valence-electron chi connectivity index (χ0n) is 10.6. The van der Waals surface area contributed by atoms with Gasteiger partial charge in [0.25, 0.3) is 0 Å². The monoisotopic (exact) mass is 229 g/mol. The lowest BCUT2D eigenvalue weighted by Gasteiger charge is -2.36. The van der Waals surface area contributed by atoms with Crippen LogP contribution in [0.2, 0.25) is 0 Å². The molecule has 0 bridgehead atoms. The number of hydrogen-bond acceptors (Lipinski definition) is 3. The van der Waals surface area contributed by atoms with Gasteiger partial charge < -0.3 is 9.80 Å². The SMILES string of the molecule is CCN1CCN(c2ccc(C#N)cc2C)CC1. The minimum atomic E-state index is 0.749. The first-order valence-electron chi connectivity index (χ1n) is 6.22. The van der Waals surface area contributed by atoms with Crippen molar-refractivity contribution in [2.24, 2.45) is 0 Å². The number of rotatable bonds is 2. The molecule has 17 heavy (non-hydrogen) atoms. The molecule has 1 saturated heterocycles. The highest BCUT2D eigenvalue weighted by molar-refractivity contribution is 5.56. The first-order chi connectivity index (χ1) is 8.24. The highest BCUT2D eigenvalue weighted by atomic mass is 15.3. The normalized spacial score (nSPS) is 16.9. The smallest absolute Gasteiger partial charge is 0.0991 e. The van der Waals surface area contributed by atoms with Crippen LogP contribution in [0.3, 0.4) is 0 Å². The second-order valence-electron chi connectivity index (χ2n) is 4.53. The maximum absolute atomic E-state index is 8.86. The molecule has 1 heterocycles. The molecule has 90 valence electrons. The number of nitrogens with zero attached hydrogens (tertiary/aromatic N) is 3. The number of nitriles is 1. The first kappa shape index (κ1) is 11.9. The van der Waals surface area contributed by atoms with Crippen molar-refractivity contribution in [2.45, 2.75) is 13.8 Å². The van der Waals surface area contributed by atoms with E-state index in [1.165, 1.54) is 11.3 Å². The van der Waals surface area contributed by atoms with E-state index >= 15 is 0 Å². The van der Waals surface area contributed by atoms with Crippen molar-refractivity contribution in [3.8, 4) is 6.07 Å². The lowest BCUT2D eigenvalue weighted by atomic mass is 10.1.